The lowest BCUT2D eigenvalue weighted by Crippen LogP contribution is -2.30. The van der Waals surface area contributed by atoms with E-state index in [0.29, 0.717) is 11.4 Å². The lowest BCUT2D eigenvalue weighted by molar-refractivity contribution is 0.715. The van der Waals surface area contributed by atoms with Crippen LogP contribution in [0.3, 0.4) is 0 Å². The predicted octanol–water partition coefficient (Wildman–Crippen LogP) is 2.26. The Labute approximate surface area is 114 Å². The van der Waals surface area contributed by atoms with Gasteiger partial charge in [-0.05, 0) is 19.1 Å². The Kier molecular flexibility index (Phi) is 4.41. The third-order valence-corrected chi connectivity index (χ3v) is 3.51. The molecule has 0 bridgehead atoms. The minimum Gasteiger partial charge on any atom is -0.296 e. The molecule has 1 N–H and O–H groups in total. The summed E-state index contributed by atoms with van der Waals surface area (Å²) in [4.78, 5) is 27.2. The fourth-order valence-electron chi connectivity index (χ4n) is 1.53. The molecule has 0 fully saturated rings. The van der Waals surface area contributed by atoms with E-state index in [4.69, 9.17) is 0 Å². The van der Waals surface area contributed by atoms with Crippen LogP contribution in [0, 0.1) is 0 Å². The van der Waals surface area contributed by atoms with E-state index in [-0.39, 0.29) is 11.2 Å². The van der Waals surface area contributed by atoms with E-state index in [1.807, 2.05) is 49.4 Å². The molecule has 0 spiro atoms. The van der Waals surface area contributed by atoms with Crippen LogP contribution in [0.25, 0.3) is 0 Å². The Morgan fingerprint density at radius 2 is 2.00 bits per heavy atom. The van der Waals surface area contributed by atoms with Crippen molar-refractivity contribution < 1.29 is 0 Å². The first-order valence-electron chi connectivity index (χ1n) is 5.88. The molecule has 0 saturated carbocycles. The summed E-state index contributed by atoms with van der Waals surface area (Å²) in [5.41, 5.74) is -0.740. The zero-order valence-electron chi connectivity index (χ0n) is 10.5. The Morgan fingerprint density at radius 3 is 2.68 bits per heavy atom. The van der Waals surface area contributed by atoms with Crippen molar-refractivity contribution in [3.63, 3.8) is 0 Å². The van der Waals surface area contributed by atoms with Crippen molar-refractivity contribution >= 4 is 11.8 Å². The van der Waals surface area contributed by atoms with E-state index in [1.165, 1.54) is 16.3 Å². The molecule has 5 heteroatoms. The molecule has 2 rings (SSSR count). The van der Waals surface area contributed by atoms with Crippen molar-refractivity contribution in [3.8, 4) is 0 Å². The Hall–Kier alpha value is -2.01. The smallest absolute Gasteiger partial charge is 0.296 e. The molecule has 0 radical (unpaired) electrons. The van der Waals surface area contributed by atoms with Crippen LogP contribution in [-0.2, 0) is 6.54 Å². The van der Waals surface area contributed by atoms with Crippen LogP contribution in [-0.4, -0.2) is 9.55 Å². The molecular formula is C14H14N2O2S. The molecule has 0 aliphatic rings. The summed E-state index contributed by atoms with van der Waals surface area (Å²) in [5.74, 6) is 0. The molecule has 19 heavy (non-hydrogen) atoms. The molecule has 0 amide bonds. The van der Waals surface area contributed by atoms with E-state index in [1.54, 1.807) is 6.20 Å². The van der Waals surface area contributed by atoms with Gasteiger partial charge in [0.15, 0.2) is 0 Å². The van der Waals surface area contributed by atoms with Gasteiger partial charge >= 0.3 is 5.69 Å². The summed E-state index contributed by atoms with van der Waals surface area (Å²) in [6.45, 7) is 2.34. The number of aromatic amines is 1. The molecule has 0 atom stereocenters. The highest BCUT2D eigenvalue weighted by Crippen LogP contribution is 2.23. The maximum absolute atomic E-state index is 11.8. The Balaban J connectivity index is 2.35. The van der Waals surface area contributed by atoms with Crippen molar-refractivity contribution in [2.24, 2.45) is 0 Å². The number of benzene rings is 1. The lowest BCUT2D eigenvalue weighted by atomic mass is 10.4. The largest absolute Gasteiger partial charge is 0.328 e. The van der Waals surface area contributed by atoms with Crippen LogP contribution in [0.2, 0.25) is 0 Å². The minimum absolute atomic E-state index is 0.351. The number of H-pyrrole nitrogens is 1. The molecular weight excluding hydrogens is 260 g/mol. The number of rotatable bonds is 4. The maximum Gasteiger partial charge on any atom is 0.328 e. The van der Waals surface area contributed by atoms with Gasteiger partial charge in [-0.1, -0.05) is 42.1 Å². The standard InChI is InChI=1S/C14H14N2O2S/c1-2-3-9-16-10-12(13(17)15-14(16)18)19-11-7-5-4-6-8-11/h2-8,10H,9H2,1H3,(H,15,17,18)/b3-2+. The fourth-order valence-corrected chi connectivity index (χ4v) is 2.40. The number of allylic oxidation sites excluding steroid dienone is 2. The highest BCUT2D eigenvalue weighted by Gasteiger charge is 2.05. The van der Waals surface area contributed by atoms with E-state index < -0.39 is 0 Å². The van der Waals surface area contributed by atoms with Gasteiger partial charge in [-0.3, -0.25) is 14.3 Å². The van der Waals surface area contributed by atoms with Gasteiger partial charge in [0, 0.05) is 17.6 Å². The van der Waals surface area contributed by atoms with Gasteiger partial charge in [0.1, 0.15) is 0 Å². The second-order valence-electron chi connectivity index (χ2n) is 3.89. The van der Waals surface area contributed by atoms with Gasteiger partial charge in [-0.15, -0.1) is 0 Å². The van der Waals surface area contributed by atoms with Crippen LogP contribution in [0.15, 0.2) is 68.1 Å². The minimum atomic E-state index is -0.388. The predicted molar refractivity (Wildman–Crippen MR) is 76.7 cm³/mol. The molecule has 2 aromatic rings. The number of hydrogen-bond acceptors (Lipinski definition) is 3. The van der Waals surface area contributed by atoms with Crippen LogP contribution in [0.1, 0.15) is 6.92 Å². The van der Waals surface area contributed by atoms with Crippen LogP contribution >= 0.6 is 11.8 Å². The summed E-state index contributed by atoms with van der Waals surface area (Å²) < 4.78 is 1.48. The molecule has 98 valence electrons. The first kappa shape index (κ1) is 13.4. The average Bonchev–Trinajstić information content (AvgIpc) is 2.42. The lowest BCUT2D eigenvalue weighted by Gasteiger charge is -2.05. The van der Waals surface area contributed by atoms with Crippen LogP contribution in [0.4, 0.5) is 0 Å². The second-order valence-corrected chi connectivity index (χ2v) is 5.00. The molecule has 0 unspecified atom stereocenters. The summed E-state index contributed by atoms with van der Waals surface area (Å²) in [6, 6.07) is 9.58. The molecule has 1 heterocycles. The molecule has 4 nitrogen and oxygen atoms in total. The highest BCUT2D eigenvalue weighted by atomic mass is 32.2. The zero-order chi connectivity index (χ0) is 13.7. The van der Waals surface area contributed by atoms with E-state index in [0.717, 1.165) is 4.90 Å². The zero-order valence-corrected chi connectivity index (χ0v) is 11.3. The van der Waals surface area contributed by atoms with Gasteiger partial charge in [0.2, 0.25) is 0 Å². The van der Waals surface area contributed by atoms with Crippen molar-refractivity contribution in [3.05, 3.63) is 69.5 Å². The third kappa shape index (κ3) is 3.48. The summed E-state index contributed by atoms with van der Waals surface area (Å²) in [7, 11) is 0. The number of aromatic nitrogens is 2. The Bertz CT molecular complexity index is 687. The first-order valence-corrected chi connectivity index (χ1v) is 6.70. The van der Waals surface area contributed by atoms with Gasteiger partial charge in [-0.2, -0.15) is 0 Å². The normalized spacial score (nSPS) is 11.0. The van der Waals surface area contributed by atoms with Crippen LogP contribution < -0.4 is 11.2 Å². The fraction of sp³-hybridized carbons (Fsp3) is 0.143. The summed E-state index contributed by atoms with van der Waals surface area (Å²) in [5, 5.41) is 0. The average molecular weight is 274 g/mol. The summed E-state index contributed by atoms with van der Waals surface area (Å²) >= 11 is 1.34. The number of nitrogens with one attached hydrogen (secondary N) is 1. The Morgan fingerprint density at radius 1 is 1.26 bits per heavy atom. The topological polar surface area (TPSA) is 54.9 Å². The monoisotopic (exact) mass is 274 g/mol. The first-order chi connectivity index (χ1) is 9.20. The number of hydrogen-bond donors (Lipinski definition) is 1. The molecule has 1 aromatic carbocycles. The van der Waals surface area contributed by atoms with Gasteiger partial charge in [-0.25, -0.2) is 4.79 Å². The molecule has 0 aliphatic heterocycles. The molecule has 0 aliphatic carbocycles. The quantitative estimate of drug-likeness (QED) is 0.870. The number of nitrogens with zero attached hydrogens (tertiary/aromatic N) is 1. The van der Waals surface area contributed by atoms with E-state index in [9.17, 15) is 9.59 Å². The van der Waals surface area contributed by atoms with Crippen molar-refractivity contribution in [2.45, 2.75) is 23.3 Å². The SMILES string of the molecule is C/C=C/Cn1cc(Sc2ccccc2)c(=O)[nH]c1=O. The maximum atomic E-state index is 11.8. The van der Waals surface area contributed by atoms with E-state index >= 15 is 0 Å². The summed E-state index contributed by atoms with van der Waals surface area (Å²) in [6.07, 6.45) is 5.32. The van der Waals surface area contributed by atoms with Crippen molar-refractivity contribution in [1.29, 1.82) is 0 Å². The van der Waals surface area contributed by atoms with E-state index in [2.05, 4.69) is 4.98 Å². The highest BCUT2D eigenvalue weighted by molar-refractivity contribution is 7.99. The van der Waals surface area contributed by atoms with Crippen molar-refractivity contribution in [2.75, 3.05) is 0 Å². The van der Waals surface area contributed by atoms with Crippen molar-refractivity contribution in [1.82, 2.24) is 9.55 Å². The molecule has 1 aromatic heterocycles. The molecule has 0 saturated heterocycles. The third-order valence-electron chi connectivity index (χ3n) is 2.49. The second kappa shape index (κ2) is 6.24. The van der Waals surface area contributed by atoms with Crippen LogP contribution in [0.5, 0.6) is 0 Å². The van der Waals surface area contributed by atoms with Gasteiger partial charge in [0.05, 0.1) is 4.90 Å². The van der Waals surface area contributed by atoms with Gasteiger partial charge < -0.3 is 0 Å². The van der Waals surface area contributed by atoms with Gasteiger partial charge in [0.25, 0.3) is 5.56 Å².